The number of rotatable bonds is 1. The molecule has 0 aliphatic carbocycles. The second-order valence-corrected chi connectivity index (χ2v) is 6.37. The van der Waals surface area contributed by atoms with Gasteiger partial charge in [-0.15, -0.1) is 0 Å². The van der Waals surface area contributed by atoms with Crippen LogP contribution in [-0.4, -0.2) is 35.7 Å². The normalized spacial score (nSPS) is 23.5. The van der Waals surface area contributed by atoms with E-state index in [1.165, 1.54) is 0 Å². The Morgan fingerprint density at radius 2 is 1.95 bits per heavy atom. The largest absolute Gasteiger partial charge is 0.444 e. The number of benzene rings is 1. The monoisotopic (exact) mass is 276 g/mol. The van der Waals surface area contributed by atoms with E-state index in [-0.39, 0.29) is 18.2 Å². The Labute approximate surface area is 121 Å². The average Bonchev–Trinajstić information content (AvgIpc) is 2.37. The molecule has 110 valence electrons. The molecule has 0 saturated carbocycles. The van der Waals surface area contributed by atoms with E-state index < -0.39 is 5.60 Å². The highest BCUT2D eigenvalue weighted by Gasteiger charge is 2.33. The summed E-state index contributed by atoms with van der Waals surface area (Å²) in [5.74, 6) is 0. The predicted molar refractivity (Wildman–Crippen MR) is 79.6 cm³/mol. The summed E-state index contributed by atoms with van der Waals surface area (Å²) in [7, 11) is 0. The number of amides is 1. The van der Waals surface area contributed by atoms with E-state index in [0.717, 1.165) is 12.1 Å². The molecule has 0 radical (unpaired) electrons. The third-order valence-electron chi connectivity index (χ3n) is 3.32. The molecule has 1 fully saturated rings. The number of hydrogen-bond acceptors (Lipinski definition) is 3. The standard InChI is InChI=1S/C16H24N2O2/c1-12-11-18(15(19)20-16(2,3)4)14(10-17-12)13-8-6-5-7-9-13/h5-9,12,14,17H,10-11H2,1-4H3. The average molecular weight is 276 g/mol. The lowest BCUT2D eigenvalue weighted by Gasteiger charge is -2.40. The summed E-state index contributed by atoms with van der Waals surface area (Å²) in [6.45, 7) is 9.19. The first-order chi connectivity index (χ1) is 9.37. The maximum Gasteiger partial charge on any atom is 0.410 e. The molecular formula is C16H24N2O2. The molecule has 0 aromatic heterocycles. The Balaban J connectivity index is 2.19. The number of piperazine rings is 1. The predicted octanol–water partition coefficient (Wildman–Crippen LogP) is 2.96. The first kappa shape index (κ1) is 14.9. The summed E-state index contributed by atoms with van der Waals surface area (Å²) < 4.78 is 5.54. The van der Waals surface area contributed by atoms with Gasteiger partial charge in [0.2, 0.25) is 0 Å². The van der Waals surface area contributed by atoms with Crippen molar-refractivity contribution in [1.82, 2.24) is 10.2 Å². The van der Waals surface area contributed by atoms with Crippen LogP contribution >= 0.6 is 0 Å². The third-order valence-corrected chi connectivity index (χ3v) is 3.32. The fraction of sp³-hybridized carbons (Fsp3) is 0.562. The minimum Gasteiger partial charge on any atom is -0.444 e. The van der Waals surface area contributed by atoms with Gasteiger partial charge in [0.1, 0.15) is 5.60 Å². The van der Waals surface area contributed by atoms with E-state index in [0.29, 0.717) is 6.54 Å². The molecule has 1 aromatic carbocycles. The molecule has 1 amide bonds. The molecule has 0 spiro atoms. The Bertz CT molecular complexity index is 453. The zero-order valence-corrected chi connectivity index (χ0v) is 12.7. The van der Waals surface area contributed by atoms with Crippen LogP contribution in [-0.2, 0) is 4.74 Å². The second-order valence-electron chi connectivity index (χ2n) is 6.37. The Morgan fingerprint density at radius 1 is 1.30 bits per heavy atom. The first-order valence-electron chi connectivity index (χ1n) is 7.15. The molecule has 1 heterocycles. The van der Waals surface area contributed by atoms with Crippen molar-refractivity contribution in [3.8, 4) is 0 Å². The maximum atomic E-state index is 12.4. The van der Waals surface area contributed by atoms with Gasteiger partial charge in [-0.05, 0) is 33.3 Å². The van der Waals surface area contributed by atoms with Crippen molar-refractivity contribution in [3.63, 3.8) is 0 Å². The van der Waals surface area contributed by atoms with Crippen molar-refractivity contribution < 1.29 is 9.53 Å². The van der Waals surface area contributed by atoms with Crippen LogP contribution in [0.3, 0.4) is 0 Å². The lowest BCUT2D eigenvalue weighted by Crippen LogP contribution is -2.54. The van der Waals surface area contributed by atoms with Gasteiger partial charge in [-0.3, -0.25) is 4.90 Å². The van der Waals surface area contributed by atoms with Crippen LogP contribution in [0.4, 0.5) is 4.79 Å². The van der Waals surface area contributed by atoms with Crippen LogP contribution in [0.15, 0.2) is 30.3 Å². The van der Waals surface area contributed by atoms with Crippen molar-refractivity contribution in [1.29, 1.82) is 0 Å². The van der Waals surface area contributed by atoms with E-state index in [2.05, 4.69) is 24.4 Å². The molecule has 1 aliphatic rings. The molecule has 1 N–H and O–H groups in total. The summed E-state index contributed by atoms with van der Waals surface area (Å²) >= 11 is 0. The van der Waals surface area contributed by atoms with Crippen LogP contribution in [0.2, 0.25) is 0 Å². The van der Waals surface area contributed by atoms with Crippen molar-refractivity contribution in [3.05, 3.63) is 35.9 Å². The smallest absolute Gasteiger partial charge is 0.410 e. The van der Waals surface area contributed by atoms with Crippen molar-refractivity contribution in [2.24, 2.45) is 0 Å². The zero-order valence-electron chi connectivity index (χ0n) is 12.7. The summed E-state index contributed by atoms with van der Waals surface area (Å²) in [5.41, 5.74) is 0.671. The van der Waals surface area contributed by atoms with Crippen molar-refractivity contribution >= 4 is 6.09 Å². The summed E-state index contributed by atoms with van der Waals surface area (Å²) in [5, 5.41) is 3.43. The van der Waals surface area contributed by atoms with Crippen LogP contribution in [0.5, 0.6) is 0 Å². The van der Waals surface area contributed by atoms with E-state index in [9.17, 15) is 4.79 Å². The Hall–Kier alpha value is -1.55. The maximum absolute atomic E-state index is 12.4. The minimum absolute atomic E-state index is 0.0299. The number of ether oxygens (including phenoxy) is 1. The Morgan fingerprint density at radius 3 is 2.55 bits per heavy atom. The highest BCUT2D eigenvalue weighted by Crippen LogP contribution is 2.25. The first-order valence-corrected chi connectivity index (χ1v) is 7.15. The second kappa shape index (κ2) is 5.83. The SMILES string of the molecule is CC1CN(C(=O)OC(C)(C)C)C(c2ccccc2)CN1. The van der Waals surface area contributed by atoms with Gasteiger partial charge in [-0.1, -0.05) is 30.3 Å². The minimum atomic E-state index is -0.466. The number of carbonyl (C=O) groups excluding carboxylic acids is 1. The van der Waals surface area contributed by atoms with Crippen LogP contribution in [0.25, 0.3) is 0 Å². The van der Waals surface area contributed by atoms with Crippen LogP contribution < -0.4 is 5.32 Å². The molecule has 2 rings (SSSR count). The summed E-state index contributed by atoms with van der Waals surface area (Å²) in [6, 6.07) is 10.4. The number of hydrogen-bond donors (Lipinski definition) is 1. The molecule has 2 unspecified atom stereocenters. The molecule has 1 saturated heterocycles. The van der Waals surface area contributed by atoms with E-state index in [1.54, 1.807) is 0 Å². The van der Waals surface area contributed by atoms with Crippen molar-refractivity contribution in [2.45, 2.75) is 45.4 Å². The number of nitrogens with zero attached hydrogens (tertiary/aromatic N) is 1. The molecule has 20 heavy (non-hydrogen) atoms. The van der Waals surface area contributed by atoms with Gasteiger partial charge in [0.15, 0.2) is 0 Å². The highest BCUT2D eigenvalue weighted by molar-refractivity contribution is 5.69. The Kier molecular flexibility index (Phi) is 4.33. The van der Waals surface area contributed by atoms with Crippen LogP contribution in [0.1, 0.15) is 39.3 Å². The van der Waals surface area contributed by atoms with Gasteiger partial charge in [-0.25, -0.2) is 4.79 Å². The van der Waals surface area contributed by atoms with E-state index in [4.69, 9.17) is 4.74 Å². The van der Waals surface area contributed by atoms with Crippen LogP contribution in [0, 0.1) is 0 Å². The molecule has 0 bridgehead atoms. The number of nitrogens with one attached hydrogen (secondary N) is 1. The lowest BCUT2D eigenvalue weighted by atomic mass is 10.0. The molecule has 4 nitrogen and oxygen atoms in total. The lowest BCUT2D eigenvalue weighted by molar-refractivity contribution is 0.00787. The van der Waals surface area contributed by atoms with Crippen molar-refractivity contribution in [2.75, 3.05) is 13.1 Å². The fourth-order valence-corrected chi connectivity index (χ4v) is 2.41. The molecular weight excluding hydrogens is 252 g/mol. The zero-order chi connectivity index (χ0) is 14.8. The van der Waals surface area contributed by atoms with Gasteiger partial charge in [0.05, 0.1) is 6.04 Å². The van der Waals surface area contributed by atoms with E-state index in [1.807, 2.05) is 43.9 Å². The van der Waals surface area contributed by atoms with Gasteiger partial charge >= 0.3 is 6.09 Å². The van der Waals surface area contributed by atoms with Gasteiger partial charge in [-0.2, -0.15) is 0 Å². The summed E-state index contributed by atoms with van der Waals surface area (Å²) in [6.07, 6.45) is -0.236. The quantitative estimate of drug-likeness (QED) is 0.857. The van der Waals surface area contributed by atoms with Gasteiger partial charge in [0, 0.05) is 19.1 Å². The highest BCUT2D eigenvalue weighted by atomic mass is 16.6. The van der Waals surface area contributed by atoms with Gasteiger partial charge < -0.3 is 10.1 Å². The molecule has 2 atom stereocenters. The fourth-order valence-electron chi connectivity index (χ4n) is 2.41. The third kappa shape index (κ3) is 3.73. The van der Waals surface area contributed by atoms with Gasteiger partial charge in [0.25, 0.3) is 0 Å². The summed E-state index contributed by atoms with van der Waals surface area (Å²) in [4.78, 5) is 14.3. The molecule has 4 heteroatoms. The molecule has 1 aromatic rings. The number of carbonyl (C=O) groups is 1. The van der Waals surface area contributed by atoms with E-state index >= 15 is 0 Å². The topological polar surface area (TPSA) is 41.6 Å². The molecule has 1 aliphatic heterocycles.